The van der Waals surface area contributed by atoms with Crippen molar-refractivity contribution in [3.8, 4) is 6.07 Å². The van der Waals surface area contributed by atoms with Crippen molar-refractivity contribution in [2.75, 3.05) is 20.2 Å². The molecule has 2 aliphatic rings. The van der Waals surface area contributed by atoms with Gasteiger partial charge in [0.1, 0.15) is 0 Å². The van der Waals surface area contributed by atoms with E-state index >= 15 is 0 Å². The van der Waals surface area contributed by atoms with Crippen LogP contribution in [0, 0.1) is 23.2 Å². The van der Waals surface area contributed by atoms with E-state index in [1.807, 2.05) is 48.6 Å². The van der Waals surface area contributed by atoms with E-state index in [-0.39, 0.29) is 17.8 Å². The summed E-state index contributed by atoms with van der Waals surface area (Å²) >= 11 is 0. The fourth-order valence-corrected chi connectivity index (χ4v) is 3.55. The van der Waals surface area contributed by atoms with Crippen LogP contribution >= 0.6 is 0 Å². The van der Waals surface area contributed by atoms with Crippen LogP contribution < -0.4 is 0 Å². The fourth-order valence-electron chi connectivity index (χ4n) is 3.55. The van der Waals surface area contributed by atoms with E-state index < -0.39 is 0 Å². The van der Waals surface area contributed by atoms with Crippen LogP contribution in [0.2, 0.25) is 0 Å². The molecule has 1 heterocycles. The minimum Gasteiger partial charge on any atom is -0.465 e. The van der Waals surface area contributed by atoms with Gasteiger partial charge < -0.3 is 4.74 Å². The van der Waals surface area contributed by atoms with Crippen LogP contribution in [-0.4, -0.2) is 31.1 Å². The summed E-state index contributed by atoms with van der Waals surface area (Å²) in [6.07, 6.45) is 11.2. The number of benzene rings is 1. The Balaban J connectivity index is 1.89. The molecule has 4 heteroatoms. The van der Waals surface area contributed by atoms with Gasteiger partial charge in [0.25, 0.3) is 0 Å². The minimum absolute atomic E-state index is 0.0230. The third kappa shape index (κ3) is 4.01. The molecule has 1 fully saturated rings. The number of likely N-dealkylation sites (tertiary alicyclic amines) is 1. The Hall–Kier alpha value is -2.90. The van der Waals surface area contributed by atoms with E-state index in [0.717, 1.165) is 18.7 Å². The first-order chi connectivity index (χ1) is 12.7. The standard InChI is InChI=1S/C22H22N2O2/c1-26-22(25)20-12-8-3-2-7-11-19(20)21-16-24(15-18(21)13-23)14-17-9-5-4-6-10-17/h2-12,18,21H,14-16H2,1H3. The highest BCUT2D eigenvalue weighted by Crippen LogP contribution is 2.33. The maximum absolute atomic E-state index is 12.3. The lowest BCUT2D eigenvalue weighted by Gasteiger charge is -2.19. The van der Waals surface area contributed by atoms with Crippen LogP contribution in [0.25, 0.3) is 0 Å². The molecule has 132 valence electrons. The SMILES string of the molecule is COC(=O)C1=C(C2CN(Cc3ccccc3)CC2C#N)C=CC=CC=C1. The Labute approximate surface area is 154 Å². The van der Waals surface area contributed by atoms with Crippen molar-refractivity contribution in [2.45, 2.75) is 6.54 Å². The molecule has 1 aliphatic carbocycles. The van der Waals surface area contributed by atoms with E-state index in [1.165, 1.54) is 12.7 Å². The number of methoxy groups -OCH3 is 1. The Bertz CT molecular complexity index is 812. The number of allylic oxidation sites excluding steroid dienone is 5. The topological polar surface area (TPSA) is 53.3 Å². The van der Waals surface area contributed by atoms with Crippen LogP contribution in [0.4, 0.5) is 0 Å². The van der Waals surface area contributed by atoms with Crippen LogP contribution in [0.3, 0.4) is 0 Å². The van der Waals surface area contributed by atoms with Crippen molar-refractivity contribution >= 4 is 5.97 Å². The molecule has 0 amide bonds. The molecule has 26 heavy (non-hydrogen) atoms. The number of carbonyl (C=O) groups excluding carboxylic acids is 1. The lowest BCUT2D eigenvalue weighted by Crippen LogP contribution is -2.21. The molecule has 2 atom stereocenters. The lowest BCUT2D eigenvalue weighted by molar-refractivity contribution is -0.135. The molecule has 0 saturated carbocycles. The summed E-state index contributed by atoms with van der Waals surface area (Å²) in [5.74, 6) is -0.547. The molecule has 4 nitrogen and oxygen atoms in total. The van der Waals surface area contributed by atoms with E-state index in [0.29, 0.717) is 12.1 Å². The average molecular weight is 346 g/mol. The molecule has 1 saturated heterocycles. The summed E-state index contributed by atoms with van der Waals surface area (Å²) in [7, 11) is 1.39. The number of nitrogens with zero attached hydrogens (tertiary/aromatic N) is 2. The predicted octanol–water partition coefficient (Wildman–Crippen LogP) is 3.41. The van der Waals surface area contributed by atoms with Gasteiger partial charge in [0, 0.05) is 25.6 Å². The predicted molar refractivity (Wildman–Crippen MR) is 101 cm³/mol. The van der Waals surface area contributed by atoms with Crippen LogP contribution in [-0.2, 0) is 16.1 Å². The zero-order valence-electron chi connectivity index (χ0n) is 14.8. The van der Waals surface area contributed by atoms with Crippen molar-refractivity contribution < 1.29 is 9.53 Å². The van der Waals surface area contributed by atoms with Gasteiger partial charge in [-0.15, -0.1) is 0 Å². The largest absolute Gasteiger partial charge is 0.465 e. The number of hydrogen-bond acceptors (Lipinski definition) is 4. The molecule has 2 unspecified atom stereocenters. The third-order valence-electron chi connectivity index (χ3n) is 4.80. The third-order valence-corrected chi connectivity index (χ3v) is 4.80. The fraction of sp³-hybridized carbons (Fsp3) is 0.273. The summed E-state index contributed by atoms with van der Waals surface area (Å²) in [5.41, 5.74) is 2.63. The quantitative estimate of drug-likeness (QED) is 0.784. The van der Waals surface area contributed by atoms with Crippen LogP contribution in [0.5, 0.6) is 0 Å². The number of rotatable bonds is 4. The van der Waals surface area contributed by atoms with E-state index in [2.05, 4.69) is 23.1 Å². The first-order valence-electron chi connectivity index (χ1n) is 8.72. The molecule has 0 radical (unpaired) electrons. The molecular weight excluding hydrogens is 324 g/mol. The van der Waals surface area contributed by atoms with Gasteiger partial charge >= 0.3 is 5.97 Å². The van der Waals surface area contributed by atoms with Gasteiger partial charge in [-0.05, 0) is 17.2 Å². The van der Waals surface area contributed by atoms with Gasteiger partial charge in [0.05, 0.1) is 24.7 Å². The summed E-state index contributed by atoms with van der Waals surface area (Å²) in [6.45, 7) is 2.24. The second-order valence-electron chi connectivity index (χ2n) is 6.49. The molecule has 1 aromatic rings. The van der Waals surface area contributed by atoms with Gasteiger partial charge in [0.15, 0.2) is 0 Å². The zero-order chi connectivity index (χ0) is 18.4. The molecule has 0 aromatic heterocycles. The minimum atomic E-state index is -0.366. The number of ether oxygens (including phenoxy) is 1. The maximum Gasteiger partial charge on any atom is 0.338 e. The molecule has 1 aromatic carbocycles. The smallest absolute Gasteiger partial charge is 0.338 e. The maximum atomic E-state index is 12.3. The lowest BCUT2D eigenvalue weighted by atomic mass is 9.85. The highest BCUT2D eigenvalue weighted by molar-refractivity contribution is 5.93. The number of hydrogen-bond donors (Lipinski definition) is 0. The average Bonchev–Trinajstić information content (AvgIpc) is 3.04. The monoisotopic (exact) mass is 346 g/mol. The zero-order valence-corrected chi connectivity index (χ0v) is 14.8. The van der Waals surface area contributed by atoms with E-state index in [9.17, 15) is 10.1 Å². The Morgan fingerprint density at radius 2 is 1.88 bits per heavy atom. The molecule has 0 spiro atoms. The van der Waals surface area contributed by atoms with Crippen molar-refractivity contribution in [3.63, 3.8) is 0 Å². The Morgan fingerprint density at radius 3 is 2.58 bits per heavy atom. The highest BCUT2D eigenvalue weighted by Gasteiger charge is 2.36. The molecule has 1 aliphatic heterocycles. The number of esters is 1. The Morgan fingerprint density at radius 1 is 1.15 bits per heavy atom. The summed E-state index contributed by atoms with van der Waals surface area (Å²) in [4.78, 5) is 14.6. The first kappa shape index (κ1) is 17.9. The van der Waals surface area contributed by atoms with Crippen molar-refractivity contribution in [2.24, 2.45) is 11.8 Å². The molecule has 0 bridgehead atoms. The normalized spacial score (nSPS) is 22.8. The van der Waals surface area contributed by atoms with Crippen LogP contribution in [0.1, 0.15) is 5.56 Å². The van der Waals surface area contributed by atoms with Crippen molar-refractivity contribution in [3.05, 3.63) is 83.5 Å². The van der Waals surface area contributed by atoms with Gasteiger partial charge in [-0.3, -0.25) is 4.90 Å². The molecular formula is C22H22N2O2. The van der Waals surface area contributed by atoms with E-state index in [4.69, 9.17) is 4.74 Å². The number of carbonyl (C=O) groups is 1. The summed E-state index contributed by atoms with van der Waals surface area (Å²) in [5, 5.41) is 9.69. The Kier molecular flexibility index (Phi) is 5.83. The molecule has 0 N–H and O–H groups in total. The van der Waals surface area contributed by atoms with Gasteiger partial charge in [-0.2, -0.15) is 5.26 Å². The highest BCUT2D eigenvalue weighted by atomic mass is 16.5. The van der Waals surface area contributed by atoms with Crippen LogP contribution in [0.15, 0.2) is 77.9 Å². The van der Waals surface area contributed by atoms with Gasteiger partial charge in [-0.1, -0.05) is 60.7 Å². The summed E-state index contributed by atoms with van der Waals surface area (Å²) < 4.78 is 4.96. The molecule has 3 rings (SSSR count). The second-order valence-corrected chi connectivity index (χ2v) is 6.49. The van der Waals surface area contributed by atoms with Gasteiger partial charge in [0.2, 0.25) is 0 Å². The second kappa shape index (κ2) is 8.46. The number of nitriles is 1. The first-order valence-corrected chi connectivity index (χ1v) is 8.72. The van der Waals surface area contributed by atoms with Crippen molar-refractivity contribution in [1.29, 1.82) is 5.26 Å². The van der Waals surface area contributed by atoms with Crippen molar-refractivity contribution in [1.82, 2.24) is 4.90 Å². The summed E-state index contributed by atoms with van der Waals surface area (Å²) in [6, 6.07) is 12.7. The van der Waals surface area contributed by atoms with Gasteiger partial charge in [-0.25, -0.2) is 4.79 Å². The van der Waals surface area contributed by atoms with E-state index in [1.54, 1.807) is 6.08 Å².